The smallest absolute Gasteiger partial charge is 0.120 e. The van der Waals surface area contributed by atoms with E-state index in [-0.39, 0.29) is 5.54 Å². The van der Waals surface area contributed by atoms with Crippen LogP contribution in [0.5, 0.6) is 5.75 Å². The number of rotatable bonds is 6. The first-order chi connectivity index (χ1) is 14.0. The highest BCUT2D eigenvalue weighted by Gasteiger charge is 2.14. The molecule has 0 spiro atoms. The second kappa shape index (κ2) is 8.32. The van der Waals surface area contributed by atoms with Crippen molar-refractivity contribution >= 4 is 22.5 Å². The molecule has 0 bridgehead atoms. The first-order valence-electron chi connectivity index (χ1n) is 9.75. The van der Waals surface area contributed by atoms with Gasteiger partial charge in [0, 0.05) is 15.3 Å². The molecule has 0 saturated carbocycles. The Balaban J connectivity index is 1.49. The number of fused-ring (bicyclic) bond motifs is 1. The first-order valence-corrected chi connectivity index (χ1v) is 10.6. The lowest BCUT2D eigenvalue weighted by Gasteiger charge is -2.19. The molecule has 0 aliphatic carbocycles. The molecule has 0 fully saturated rings. The normalized spacial score (nSPS) is 11.6. The average Bonchev–Trinajstić information content (AvgIpc) is 2.72. The summed E-state index contributed by atoms with van der Waals surface area (Å²) in [7, 11) is 0. The highest BCUT2D eigenvalue weighted by molar-refractivity contribution is 7.99. The fraction of sp³-hybridized carbons (Fsp3) is 0.154. The van der Waals surface area contributed by atoms with Gasteiger partial charge in [-0.25, -0.2) is 0 Å². The number of hydrogen-bond donors (Lipinski definition) is 1. The van der Waals surface area contributed by atoms with Crippen LogP contribution in [-0.4, -0.2) is 0 Å². The molecule has 0 unspecified atom stereocenters. The fourth-order valence-corrected chi connectivity index (χ4v) is 4.11. The molecule has 29 heavy (non-hydrogen) atoms. The van der Waals surface area contributed by atoms with Gasteiger partial charge in [0.15, 0.2) is 0 Å². The maximum Gasteiger partial charge on any atom is 0.120 e. The molecule has 0 aliphatic rings. The molecule has 0 aromatic heterocycles. The lowest BCUT2D eigenvalue weighted by molar-refractivity contribution is 0.305. The second-order valence-corrected chi connectivity index (χ2v) is 8.94. The van der Waals surface area contributed by atoms with E-state index in [1.807, 2.05) is 44.2 Å². The van der Waals surface area contributed by atoms with Crippen molar-refractivity contribution in [3.05, 3.63) is 102 Å². The van der Waals surface area contributed by atoms with Crippen molar-refractivity contribution in [2.24, 2.45) is 5.73 Å². The summed E-state index contributed by atoms with van der Waals surface area (Å²) < 4.78 is 5.96. The van der Waals surface area contributed by atoms with Crippen molar-refractivity contribution in [1.82, 2.24) is 0 Å². The van der Waals surface area contributed by atoms with Crippen LogP contribution in [0.4, 0.5) is 0 Å². The Bertz CT molecular complexity index is 1120. The topological polar surface area (TPSA) is 35.2 Å². The lowest BCUT2D eigenvalue weighted by atomic mass is 9.93. The summed E-state index contributed by atoms with van der Waals surface area (Å²) in [6, 6.07) is 31.5. The van der Waals surface area contributed by atoms with E-state index in [2.05, 4.69) is 60.7 Å². The molecule has 0 heterocycles. The number of ether oxygens (including phenoxy) is 1. The minimum atomic E-state index is -0.332. The molecule has 2 nitrogen and oxygen atoms in total. The molecule has 0 amide bonds. The van der Waals surface area contributed by atoms with Crippen molar-refractivity contribution in [2.45, 2.75) is 35.8 Å². The molecule has 0 saturated heterocycles. The van der Waals surface area contributed by atoms with Gasteiger partial charge in [0.05, 0.1) is 0 Å². The minimum Gasteiger partial charge on any atom is -0.489 e. The third-order valence-electron chi connectivity index (χ3n) is 4.85. The molecule has 0 atom stereocenters. The van der Waals surface area contributed by atoms with E-state index in [0.717, 1.165) is 16.2 Å². The first kappa shape index (κ1) is 19.6. The monoisotopic (exact) mass is 399 g/mol. The van der Waals surface area contributed by atoms with Crippen LogP contribution in [0.1, 0.15) is 25.0 Å². The van der Waals surface area contributed by atoms with E-state index >= 15 is 0 Å². The van der Waals surface area contributed by atoms with Crippen LogP contribution >= 0.6 is 11.8 Å². The quantitative estimate of drug-likeness (QED) is 0.389. The Kier molecular flexibility index (Phi) is 5.61. The van der Waals surface area contributed by atoms with E-state index in [0.29, 0.717) is 6.61 Å². The second-order valence-electron chi connectivity index (χ2n) is 7.80. The van der Waals surface area contributed by atoms with Crippen LogP contribution in [0.2, 0.25) is 0 Å². The van der Waals surface area contributed by atoms with Crippen molar-refractivity contribution in [2.75, 3.05) is 0 Å². The standard InChI is InChI=1S/C26H25NOS/c1-26(2,27)22-13-11-21-16-25(14-12-20(21)15-22)29-24-10-6-9-23(17-24)28-18-19-7-4-3-5-8-19/h3-17H,18,27H2,1-2H3. The molecular formula is C26H25NOS. The van der Waals surface area contributed by atoms with Gasteiger partial charge in [0.2, 0.25) is 0 Å². The van der Waals surface area contributed by atoms with Gasteiger partial charge in [-0.1, -0.05) is 66.4 Å². The Morgan fingerprint density at radius 3 is 2.28 bits per heavy atom. The zero-order chi connectivity index (χ0) is 20.3. The van der Waals surface area contributed by atoms with Crippen LogP contribution in [0.15, 0.2) is 101 Å². The molecule has 0 aliphatic heterocycles. The molecular weight excluding hydrogens is 374 g/mol. The summed E-state index contributed by atoms with van der Waals surface area (Å²) >= 11 is 1.74. The van der Waals surface area contributed by atoms with Gasteiger partial charge in [0.25, 0.3) is 0 Å². The summed E-state index contributed by atoms with van der Waals surface area (Å²) in [4.78, 5) is 2.37. The van der Waals surface area contributed by atoms with Gasteiger partial charge in [-0.3, -0.25) is 0 Å². The van der Waals surface area contributed by atoms with Gasteiger partial charge < -0.3 is 10.5 Å². The molecule has 4 aromatic rings. The van der Waals surface area contributed by atoms with Crippen LogP contribution in [0.25, 0.3) is 10.8 Å². The van der Waals surface area contributed by atoms with E-state index in [1.165, 1.54) is 21.2 Å². The maximum absolute atomic E-state index is 6.24. The van der Waals surface area contributed by atoms with E-state index in [4.69, 9.17) is 10.5 Å². The molecule has 4 aromatic carbocycles. The fourth-order valence-electron chi connectivity index (χ4n) is 3.19. The SMILES string of the molecule is CC(C)(N)c1ccc2cc(Sc3cccc(OCc4ccccc4)c3)ccc2c1. The van der Waals surface area contributed by atoms with Gasteiger partial charge in [0.1, 0.15) is 12.4 Å². The van der Waals surface area contributed by atoms with Gasteiger partial charge >= 0.3 is 0 Å². The van der Waals surface area contributed by atoms with E-state index in [1.54, 1.807) is 11.8 Å². The zero-order valence-corrected chi connectivity index (χ0v) is 17.6. The summed E-state index contributed by atoms with van der Waals surface area (Å²) in [6.45, 7) is 4.64. The molecule has 0 radical (unpaired) electrons. The number of benzene rings is 4. The predicted molar refractivity (Wildman–Crippen MR) is 123 cm³/mol. The van der Waals surface area contributed by atoms with Crippen LogP contribution in [0.3, 0.4) is 0 Å². The van der Waals surface area contributed by atoms with Gasteiger partial charge in [-0.2, -0.15) is 0 Å². The van der Waals surface area contributed by atoms with E-state index < -0.39 is 0 Å². The summed E-state index contributed by atoms with van der Waals surface area (Å²) in [5.41, 5.74) is 8.22. The Morgan fingerprint density at radius 2 is 1.48 bits per heavy atom. The third kappa shape index (κ3) is 5.00. The Morgan fingerprint density at radius 1 is 0.759 bits per heavy atom. The average molecular weight is 400 g/mol. The maximum atomic E-state index is 6.24. The van der Waals surface area contributed by atoms with Gasteiger partial charge in [-0.15, -0.1) is 0 Å². The molecule has 3 heteroatoms. The largest absolute Gasteiger partial charge is 0.489 e. The highest BCUT2D eigenvalue weighted by atomic mass is 32.2. The van der Waals surface area contributed by atoms with E-state index in [9.17, 15) is 0 Å². The lowest BCUT2D eigenvalue weighted by Crippen LogP contribution is -2.28. The minimum absolute atomic E-state index is 0.332. The summed E-state index contributed by atoms with van der Waals surface area (Å²) in [5.74, 6) is 0.884. The number of hydrogen-bond acceptors (Lipinski definition) is 3. The Hall–Kier alpha value is -2.75. The van der Waals surface area contributed by atoms with Crippen LogP contribution < -0.4 is 10.5 Å². The zero-order valence-electron chi connectivity index (χ0n) is 16.8. The molecule has 4 rings (SSSR count). The van der Waals surface area contributed by atoms with Crippen molar-refractivity contribution in [3.8, 4) is 5.75 Å². The molecule has 2 N–H and O–H groups in total. The van der Waals surface area contributed by atoms with Crippen molar-refractivity contribution in [3.63, 3.8) is 0 Å². The van der Waals surface area contributed by atoms with Crippen LogP contribution in [-0.2, 0) is 12.1 Å². The molecule has 146 valence electrons. The third-order valence-corrected chi connectivity index (χ3v) is 5.82. The van der Waals surface area contributed by atoms with Gasteiger partial charge in [-0.05, 0) is 72.1 Å². The number of nitrogens with two attached hydrogens (primary N) is 1. The predicted octanol–water partition coefficient (Wildman–Crippen LogP) is 6.76. The van der Waals surface area contributed by atoms with Crippen molar-refractivity contribution < 1.29 is 4.74 Å². The summed E-state index contributed by atoms with van der Waals surface area (Å²) in [5, 5.41) is 2.44. The Labute approximate surface area is 176 Å². The van der Waals surface area contributed by atoms with Crippen molar-refractivity contribution in [1.29, 1.82) is 0 Å². The summed E-state index contributed by atoms with van der Waals surface area (Å²) in [6.07, 6.45) is 0. The van der Waals surface area contributed by atoms with Crippen LogP contribution in [0, 0.1) is 0 Å². The highest BCUT2D eigenvalue weighted by Crippen LogP contribution is 2.33.